The van der Waals surface area contributed by atoms with Crippen molar-refractivity contribution < 1.29 is 13.2 Å². The Morgan fingerprint density at radius 2 is 1.96 bits per heavy atom. The summed E-state index contributed by atoms with van der Waals surface area (Å²) in [5.41, 5.74) is 0.176. The summed E-state index contributed by atoms with van der Waals surface area (Å²) >= 11 is 12.8. The lowest BCUT2D eigenvalue weighted by atomic mass is 10.3. The van der Waals surface area contributed by atoms with Crippen LogP contribution in [0.25, 0.3) is 5.65 Å². The van der Waals surface area contributed by atoms with Gasteiger partial charge < -0.3 is 0 Å². The molecule has 0 bridgehead atoms. The van der Waals surface area contributed by atoms with Gasteiger partial charge in [-0.1, -0.05) is 41.0 Å². The van der Waals surface area contributed by atoms with Gasteiger partial charge in [-0.2, -0.15) is 13.2 Å². The summed E-state index contributed by atoms with van der Waals surface area (Å²) in [6.45, 7) is 0. The number of aromatic nitrogens is 4. The van der Waals surface area contributed by atoms with Crippen LogP contribution >= 0.6 is 35.0 Å². The number of nitrogens with zero attached hydrogens (tertiary/aromatic N) is 4. The normalized spacial score (nSPS) is 12.0. The molecule has 0 aliphatic carbocycles. The van der Waals surface area contributed by atoms with Crippen LogP contribution in [0.4, 0.5) is 13.2 Å². The summed E-state index contributed by atoms with van der Waals surface area (Å²) in [7, 11) is 0. The van der Waals surface area contributed by atoms with Crippen molar-refractivity contribution in [3.05, 3.63) is 51.9 Å². The zero-order valence-electron chi connectivity index (χ0n) is 11.2. The fourth-order valence-electron chi connectivity index (χ4n) is 1.83. The van der Waals surface area contributed by atoms with Gasteiger partial charge in [-0.15, -0.1) is 10.2 Å². The molecule has 3 heterocycles. The van der Waals surface area contributed by atoms with E-state index < -0.39 is 11.7 Å². The molecule has 0 unspecified atom stereocenters. The minimum absolute atomic E-state index is 0.104. The maximum absolute atomic E-state index is 12.9. The molecular weight excluding hydrogens is 372 g/mol. The third-order valence-electron chi connectivity index (χ3n) is 2.91. The minimum Gasteiger partial charge on any atom is -0.276 e. The van der Waals surface area contributed by atoms with Crippen LogP contribution in [0.3, 0.4) is 0 Å². The van der Waals surface area contributed by atoms with Crippen molar-refractivity contribution in [3.8, 4) is 0 Å². The quantitative estimate of drug-likeness (QED) is 0.487. The number of hydrogen-bond donors (Lipinski definition) is 0. The standard InChI is InChI=1S/C13H7Cl2F3N4S/c14-9-3-8(13(16,17)18)5-22-11(9)20-21-12(22)23-6-7-1-2-10(15)19-4-7/h1-5H,6H2. The van der Waals surface area contributed by atoms with E-state index in [0.717, 1.165) is 17.8 Å². The molecule has 0 atom stereocenters. The van der Waals surface area contributed by atoms with Crippen LogP contribution in [-0.4, -0.2) is 19.6 Å². The molecule has 3 rings (SSSR count). The molecule has 23 heavy (non-hydrogen) atoms. The lowest BCUT2D eigenvalue weighted by Gasteiger charge is -2.08. The smallest absolute Gasteiger partial charge is 0.276 e. The Hall–Kier alpha value is -1.51. The van der Waals surface area contributed by atoms with Crippen LogP contribution in [0.1, 0.15) is 11.1 Å². The van der Waals surface area contributed by atoms with Gasteiger partial charge in [-0.25, -0.2) is 4.98 Å². The van der Waals surface area contributed by atoms with Crippen molar-refractivity contribution in [2.75, 3.05) is 0 Å². The second-order valence-electron chi connectivity index (χ2n) is 4.53. The molecule has 0 radical (unpaired) electrons. The first-order chi connectivity index (χ1) is 10.8. The zero-order valence-corrected chi connectivity index (χ0v) is 13.5. The van der Waals surface area contributed by atoms with Gasteiger partial charge in [0.05, 0.1) is 10.6 Å². The Morgan fingerprint density at radius 3 is 2.61 bits per heavy atom. The van der Waals surface area contributed by atoms with Gasteiger partial charge in [0.2, 0.25) is 0 Å². The molecule has 10 heteroatoms. The van der Waals surface area contributed by atoms with Crippen molar-refractivity contribution >= 4 is 40.6 Å². The number of thioether (sulfide) groups is 1. The van der Waals surface area contributed by atoms with E-state index in [1.165, 1.54) is 16.2 Å². The zero-order chi connectivity index (χ0) is 16.6. The number of pyridine rings is 2. The predicted octanol–water partition coefficient (Wildman–Crippen LogP) is 4.74. The molecule has 0 N–H and O–H groups in total. The Bertz CT molecular complexity index is 849. The molecule has 0 aromatic carbocycles. The maximum Gasteiger partial charge on any atom is 0.417 e. The first-order valence-corrected chi connectivity index (χ1v) is 7.93. The fourth-order valence-corrected chi connectivity index (χ4v) is 3.03. The molecule has 3 aromatic heterocycles. The lowest BCUT2D eigenvalue weighted by Crippen LogP contribution is -2.07. The van der Waals surface area contributed by atoms with E-state index >= 15 is 0 Å². The van der Waals surface area contributed by atoms with E-state index in [1.54, 1.807) is 18.3 Å². The van der Waals surface area contributed by atoms with Crippen LogP contribution in [0, 0.1) is 0 Å². The van der Waals surface area contributed by atoms with Gasteiger partial charge in [0, 0.05) is 18.1 Å². The van der Waals surface area contributed by atoms with Crippen LogP contribution in [0.2, 0.25) is 10.2 Å². The van der Waals surface area contributed by atoms with Crippen molar-refractivity contribution in [2.45, 2.75) is 17.1 Å². The number of alkyl halides is 3. The van der Waals surface area contributed by atoms with Gasteiger partial charge in [-0.05, 0) is 17.7 Å². The number of fused-ring (bicyclic) bond motifs is 1. The van der Waals surface area contributed by atoms with E-state index in [-0.39, 0.29) is 10.7 Å². The molecule has 0 saturated heterocycles. The van der Waals surface area contributed by atoms with Gasteiger partial charge in [-0.3, -0.25) is 4.40 Å². The largest absolute Gasteiger partial charge is 0.417 e. The van der Waals surface area contributed by atoms with E-state index in [1.807, 2.05) is 0 Å². The summed E-state index contributed by atoms with van der Waals surface area (Å²) < 4.78 is 39.9. The lowest BCUT2D eigenvalue weighted by molar-refractivity contribution is -0.137. The second kappa shape index (κ2) is 6.18. The van der Waals surface area contributed by atoms with Crippen LogP contribution < -0.4 is 0 Å². The van der Waals surface area contributed by atoms with Crippen LogP contribution in [-0.2, 0) is 11.9 Å². The monoisotopic (exact) mass is 378 g/mol. The number of hydrogen-bond acceptors (Lipinski definition) is 4. The summed E-state index contributed by atoms with van der Waals surface area (Å²) in [5.74, 6) is 0.457. The van der Waals surface area contributed by atoms with Gasteiger partial charge in [0.15, 0.2) is 10.8 Å². The fraction of sp³-hybridized carbons (Fsp3) is 0.154. The molecule has 0 aliphatic heterocycles. The van der Waals surface area contributed by atoms with Crippen molar-refractivity contribution in [1.82, 2.24) is 19.6 Å². The summed E-state index contributed by atoms with van der Waals surface area (Å²) in [6, 6.07) is 4.25. The summed E-state index contributed by atoms with van der Waals surface area (Å²) in [5, 5.41) is 8.29. The third-order valence-corrected chi connectivity index (χ3v) is 4.43. The van der Waals surface area contributed by atoms with Crippen molar-refractivity contribution in [3.63, 3.8) is 0 Å². The Kier molecular flexibility index (Phi) is 4.39. The van der Waals surface area contributed by atoms with Gasteiger partial charge >= 0.3 is 6.18 Å². The van der Waals surface area contributed by atoms with Gasteiger partial charge in [0.1, 0.15) is 5.15 Å². The number of rotatable bonds is 3. The molecule has 3 aromatic rings. The molecule has 4 nitrogen and oxygen atoms in total. The predicted molar refractivity (Wildman–Crippen MR) is 81.8 cm³/mol. The van der Waals surface area contributed by atoms with Crippen molar-refractivity contribution in [1.29, 1.82) is 0 Å². The molecule has 0 aliphatic rings. The van der Waals surface area contributed by atoms with Crippen LogP contribution in [0.15, 0.2) is 35.7 Å². The highest BCUT2D eigenvalue weighted by atomic mass is 35.5. The highest BCUT2D eigenvalue weighted by Gasteiger charge is 2.32. The highest BCUT2D eigenvalue weighted by Crippen LogP contribution is 2.33. The van der Waals surface area contributed by atoms with E-state index in [0.29, 0.717) is 16.1 Å². The maximum atomic E-state index is 12.9. The minimum atomic E-state index is -4.50. The average Bonchev–Trinajstić information content (AvgIpc) is 2.89. The Morgan fingerprint density at radius 1 is 1.17 bits per heavy atom. The SMILES string of the molecule is FC(F)(F)c1cc(Cl)c2nnc(SCc3ccc(Cl)nc3)n2c1. The highest BCUT2D eigenvalue weighted by molar-refractivity contribution is 7.98. The first-order valence-electron chi connectivity index (χ1n) is 6.19. The summed E-state index contributed by atoms with van der Waals surface area (Å²) in [6.07, 6.45) is -1.97. The molecule has 0 spiro atoms. The molecule has 120 valence electrons. The van der Waals surface area contributed by atoms with Crippen molar-refractivity contribution in [2.24, 2.45) is 0 Å². The van der Waals surface area contributed by atoms with E-state index in [2.05, 4.69) is 15.2 Å². The molecule has 0 fully saturated rings. The summed E-state index contributed by atoms with van der Waals surface area (Å²) in [4.78, 5) is 3.94. The second-order valence-corrected chi connectivity index (χ2v) is 6.27. The first kappa shape index (κ1) is 16.4. The molecule has 0 saturated carbocycles. The molecular formula is C13H7Cl2F3N4S. The molecule has 0 amide bonds. The van der Waals surface area contributed by atoms with E-state index in [9.17, 15) is 13.2 Å². The third kappa shape index (κ3) is 3.54. The van der Waals surface area contributed by atoms with E-state index in [4.69, 9.17) is 23.2 Å². The number of halogens is 5. The average molecular weight is 379 g/mol. The topological polar surface area (TPSA) is 43.1 Å². The van der Waals surface area contributed by atoms with Gasteiger partial charge in [0.25, 0.3) is 0 Å². The Labute approximate surface area is 142 Å². The van der Waals surface area contributed by atoms with Crippen LogP contribution in [0.5, 0.6) is 0 Å². The Balaban J connectivity index is 1.92.